The third kappa shape index (κ3) is 2.66. The van der Waals surface area contributed by atoms with Gasteiger partial charge >= 0.3 is 0 Å². The lowest BCUT2D eigenvalue weighted by atomic mass is 9.94. The van der Waals surface area contributed by atoms with Crippen LogP contribution < -0.4 is 0 Å². The molecule has 2 aliphatic rings. The van der Waals surface area contributed by atoms with Gasteiger partial charge in [-0.3, -0.25) is 4.90 Å². The minimum atomic E-state index is -0.496. The van der Waals surface area contributed by atoms with Gasteiger partial charge in [-0.25, -0.2) is 0 Å². The fourth-order valence-electron chi connectivity index (χ4n) is 2.22. The van der Waals surface area contributed by atoms with Gasteiger partial charge in [0.15, 0.2) is 5.82 Å². The summed E-state index contributed by atoms with van der Waals surface area (Å²) in [6.45, 7) is 4.42. The lowest BCUT2D eigenvalue weighted by Crippen LogP contribution is -2.42. The molecule has 2 fully saturated rings. The minimum Gasteiger partial charge on any atom is -0.390 e. The molecule has 1 aromatic heterocycles. The summed E-state index contributed by atoms with van der Waals surface area (Å²) in [5.74, 6) is 2.15. The molecule has 17 heavy (non-hydrogen) atoms. The van der Waals surface area contributed by atoms with Crippen LogP contribution in [0.3, 0.4) is 0 Å². The fourth-order valence-corrected chi connectivity index (χ4v) is 2.22. The summed E-state index contributed by atoms with van der Waals surface area (Å²) in [7, 11) is 0. The van der Waals surface area contributed by atoms with Crippen molar-refractivity contribution >= 4 is 0 Å². The third-order valence-electron chi connectivity index (χ3n) is 3.72. The van der Waals surface area contributed by atoms with E-state index in [0.29, 0.717) is 11.8 Å². The fraction of sp³-hybridized carbons (Fsp3) is 0.833. The first-order chi connectivity index (χ1) is 8.12. The smallest absolute Gasteiger partial charge is 0.240 e. The van der Waals surface area contributed by atoms with Crippen molar-refractivity contribution in [1.82, 2.24) is 15.0 Å². The van der Waals surface area contributed by atoms with Crippen LogP contribution in [0.15, 0.2) is 4.52 Å². The summed E-state index contributed by atoms with van der Waals surface area (Å²) < 4.78 is 5.26. The Morgan fingerprint density at radius 3 is 2.76 bits per heavy atom. The third-order valence-corrected chi connectivity index (χ3v) is 3.72. The molecule has 1 saturated heterocycles. The van der Waals surface area contributed by atoms with E-state index in [1.54, 1.807) is 0 Å². The van der Waals surface area contributed by atoms with Crippen molar-refractivity contribution in [3.8, 4) is 0 Å². The zero-order valence-corrected chi connectivity index (χ0v) is 10.2. The van der Waals surface area contributed by atoms with Gasteiger partial charge in [-0.2, -0.15) is 4.98 Å². The zero-order chi connectivity index (χ0) is 11.9. The zero-order valence-electron chi connectivity index (χ0n) is 10.2. The van der Waals surface area contributed by atoms with E-state index in [1.165, 1.54) is 12.8 Å². The summed E-state index contributed by atoms with van der Waals surface area (Å²) >= 11 is 0. The molecule has 0 amide bonds. The van der Waals surface area contributed by atoms with Gasteiger partial charge in [0.25, 0.3) is 0 Å². The first-order valence-corrected chi connectivity index (χ1v) is 6.40. The molecule has 5 heteroatoms. The number of rotatable bonds is 3. The van der Waals surface area contributed by atoms with Crippen LogP contribution in [-0.4, -0.2) is 38.8 Å². The van der Waals surface area contributed by atoms with E-state index in [-0.39, 0.29) is 0 Å². The standard InChI is InChI=1S/C12H19N3O2/c1-12(16)4-6-15(7-5-12)8-10-13-11(14-17-10)9-2-3-9/h9,16H,2-8H2,1H3. The average Bonchev–Trinajstić information content (AvgIpc) is 3.03. The highest BCUT2D eigenvalue weighted by Crippen LogP contribution is 2.38. The van der Waals surface area contributed by atoms with E-state index in [2.05, 4.69) is 15.0 Å². The van der Waals surface area contributed by atoms with Gasteiger partial charge in [0, 0.05) is 19.0 Å². The number of piperidine rings is 1. The normalized spacial score (nSPS) is 25.1. The highest BCUT2D eigenvalue weighted by Gasteiger charge is 2.30. The maximum atomic E-state index is 9.87. The van der Waals surface area contributed by atoms with Gasteiger partial charge in [0.05, 0.1) is 12.1 Å². The molecule has 0 radical (unpaired) electrons. The molecular weight excluding hydrogens is 218 g/mol. The SMILES string of the molecule is CC1(O)CCN(Cc2nc(C3CC3)no2)CC1. The first kappa shape index (κ1) is 11.2. The second-order valence-corrected chi connectivity index (χ2v) is 5.59. The van der Waals surface area contributed by atoms with Crippen LogP contribution in [0.2, 0.25) is 0 Å². The number of aromatic nitrogens is 2. The number of aliphatic hydroxyl groups is 1. The van der Waals surface area contributed by atoms with Crippen molar-refractivity contribution in [2.75, 3.05) is 13.1 Å². The van der Waals surface area contributed by atoms with Gasteiger partial charge in [0.1, 0.15) is 0 Å². The number of likely N-dealkylation sites (tertiary alicyclic amines) is 1. The minimum absolute atomic E-state index is 0.496. The van der Waals surface area contributed by atoms with Crippen molar-refractivity contribution in [3.05, 3.63) is 11.7 Å². The molecule has 1 aliphatic carbocycles. The molecule has 1 N–H and O–H groups in total. The van der Waals surface area contributed by atoms with E-state index in [4.69, 9.17) is 4.52 Å². The second kappa shape index (κ2) is 4.07. The average molecular weight is 237 g/mol. The van der Waals surface area contributed by atoms with Crippen LogP contribution in [0.4, 0.5) is 0 Å². The van der Waals surface area contributed by atoms with Gasteiger partial charge in [0.2, 0.25) is 5.89 Å². The summed E-state index contributed by atoms with van der Waals surface area (Å²) in [6.07, 6.45) is 4.03. The van der Waals surface area contributed by atoms with Gasteiger partial charge in [-0.1, -0.05) is 5.16 Å². The predicted molar refractivity (Wildman–Crippen MR) is 61.4 cm³/mol. The molecule has 0 spiro atoms. The Labute approximate surface area is 101 Å². The molecule has 0 unspecified atom stereocenters. The van der Waals surface area contributed by atoms with E-state index in [9.17, 15) is 5.11 Å². The van der Waals surface area contributed by atoms with E-state index in [1.807, 2.05) is 6.92 Å². The highest BCUT2D eigenvalue weighted by molar-refractivity contribution is 5.03. The number of nitrogens with zero attached hydrogens (tertiary/aromatic N) is 3. The summed E-state index contributed by atoms with van der Waals surface area (Å²) in [6, 6.07) is 0. The van der Waals surface area contributed by atoms with Crippen LogP contribution in [0, 0.1) is 0 Å². The van der Waals surface area contributed by atoms with Gasteiger partial charge < -0.3 is 9.63 Å². The molecule has 2 heterocycles. The Kier molecular flexibility index (Phi) is 2.67. The van der Waals surface area contributed by atoms with Crippen molar-refractivity contribution < 1.29 is 9.63 Å². The summed E-state index contributed by atoms with van der Waals surface area (Å²) in [5.41, 5.74) is -0.496. The van der Waals surface area contributed by atoms with E-state index in [0.717, 1.165) is 38.3 Å². The Morgan fingerprint density at radius 2 is 2.12 bits per heavy atom. The molecule has 1 aliphatic heterocycles. The maximum Gasteiger partial charge on any atom is 0.240 e. The second-order valence-electron chi connectivity index (χ2n) is 5.59. The molecule has 0 bridgehead atoms. The Hall–Kier alpha value is -0.940. The quantitative estimate of drug-likeness (QED) is 0.858. The molecule has 0 aromatic carbocycles. The number of hydrogen-bond donors (Lipinski definition) is 1. The lowest BCUT2D eigenvalue weighted by molar-refractivity contribution is -0.00944. The van der Waals surface area contributed by atoms with Crippen molar-refractivity contribution in [1.29, 1.82) is 0 Å². The van der Waals surface area contributed by atoms with Gasteiger partial charge in [-0.15, -0.1) is 0 Å². The Morgan fingerprint density at radius 1 is 1.41 bits per heavy atom. The van der Waals surface area contributed by atoms with Crippen molar-refractivity contribution in [2.24, 2.45) is 0 Å². The lowest BCUT2D eigenvalue weighted by Gasteiger charge is -2.34. The Balaban J connectivity index is 1.55. The van der Waals surface area contributed by atoms with Crippen LogP contribution in [0.1, 0.15) is 50.2 Å². The monoisotopic (exact) mass is 237 g/mol. The van der Waals surface area contributed by atoms with E-state index < -0.39 is 5.60 Å². The highest BCUT2D eigenvalue weighted by atomic mass is 16.5. The largest absolute Gasteiger partial charge is 0.390 e. The maximum absolute atomic E-state index is 9.87. The van der Waals surface area contributed by atoms with Crippen LogP contribution in [0.25, 0.3) is 0 Å². The molecule has 5 nitrogen and oxygen atoms in total. The predicted octanol–water partition coefficient (Wildman–Crippen LogP) is 1.29. The molecule has 94 valence electrons. The summed E-state index contributed by atoms with van der Waals surface area (Å²) in [5, 5.41) is 13.9. The van der Waals surface area contributed by atoms with Crippen LogP contribution >= 0.6 is 0 Å². The van der Waals surface area contributed by atoms with Crippen molar-refractivity contribution in [2.45, 2.75) is 50.7 Å². The molecule has 1 aromatic rings. The van der Waals surface area contributed by atoms with Crippen LogP contribution in [-0.2, 0) is 6.54 Å². The molecule has 3 rings (SSSR count). The van der Waals surface area contributed by atoms with Crippen LogP contribution in [0.5, 0.6) is 0 Å². The molecular formula is C12H19N3O2. The van der Waals surface area contributed by atoms with Gasteiger partial charge in [-0.05, 0) is 32.6 Å². The van der Waals surface area contributed by atoms with Crippen molar-refractivity contribution in [3.63, 3.8) is 0 Å². The topological polar surface area (TPSA) is 62.4 Å². The van der Waals surface area contributed by atoms with E-state index >= 15 is 0 Å². The molecule has 0 atom stereocenters. The first-order valence-electron chi connectivity index (χ1n) is 6.40. The Bertz CT molecular complexity index is 388. The number of hydrogen-bond acceptors (Lipinski definition) is 5. The summed E-state index contributed by atoms with van der Waals surface area (Å²) in [4.78, 5) is 6.69. The molecule has 1 saturated carbocycles.